The zero-order chi connectivity index (χ0) is 13.7. The van der Waals surface area contributed by atoms with Crippen LogP contribution >= 0.6 is 0 Å². The maximum atomic E-state index is 6.06. The summed E-state index contributed by atoms with van der Waals surface area (Å²) >= 11 is 0. The summed E-state index contributed by atoms with van der Waals surface area (Å²) in [7, 11) is 0. The summed E-state index contributed by atoms with van der Waals surface area (Å²) in [6.45, 7) is 8.29. The summed E-state index contributed by atoms with van der Waals surface area (Å²) in [6.07, 6.45) is 9.06. The lowest BCUT2D eigenvalue weighted by molar-refractivity contribution is 0.00838. The van der Waals surface area contributed by atoms with Crippen LogP contribution in [0.25, 0.3) is 0 Å². The Balaban J connectivity index is 1.76. The fourth-order valence-corrected chi connectivity index (χ4v) is 2.83. The Morgan fingerprint density at radius 3 is 2.74 bits per heavy atom. The van der Waals surface area contributed by atoms with Crippen molar-refractivity contribution in [3.05, 3.63) is 18.2 Å². The summed E-state index contributed by atoms with van der Waals surface area (Å²) in [5, 5.41) is 3.53. The first-order valence-electron chi connectivity index (χ1n) is 7.56. The lowest BCUT2D eigenvalue weighted by Gasteiger charge is -2.29. The Kier molecular flexibility index (Phi) is 5.40. The van der Waals surface area contributed by atoms with Crippen molar-refractivity contribution in [3.63, 3.8) is 0 Å². The normalized spacial score (nSPS) is 24.0. The highest BCUT2D eigenvalue weighted by molar-refractivity contribution is 4.98. The minimum Gasteiger partial charge on any atom is -0.372 e. The fraction of sp³-hybridized carbons (Fsp3) is 0.800. The predicted octanol–water partition coefficient (Wildman–Crippen LogP) is 2.90. The van der Waals surface area contributed by atoms with Gasteiger partial charge >= 0.3 is 0 Å². The maximum absolute atomic E-state index is 6.06. The van der Waals surface area contributed by atoms with E-state index in [4.69, 9.17) is 4.74 Å². The van der Waals surface area contributed by atoms with Gasteiger partial charge in [0.15, 0.2) is 0 Å². The van der Waals surface area contributed by atoms with E-state index in [1.54, 1.807) is 0 Å². The Bertz CT molecular complexity index is 367. The van der Waals surface area contributed by atoms with Crippen LogP contribution in [0, 0.1) is 0 Å². The molecule has 19 heavy (non-hydrogen) atoms. The molecule has 108 valence electrons. The van der Waals surface area contributed by atoms with Crippen LogP contribution in [-0.4, -0.2) is 28.2 Å². The Morgan fingerprint density at radius 2 is 2.11 bits per heavy atom. The van der Waals surface area contributed by atoms with Gasteiger partial charge in [0.25, 0.3) is 0 Å². The van der Waals surface area contributed by atoms with Crippen molar-refractivity contribution in [2.45, 2.75) is 71.2 Å². The van der Waals surface area contributed by atoms with Crippen molar-refractivity contribution in [2.75, 3.05) is 6.54 Å². The number of hydrogen-bond acceptors (Lipinski definition) is 3. The van der Waals surface area contributed by atoms with Crippen molar-refractivity contribution in [2.24, 2.45) is 0 Å². The van der Waals surface area contributed by atoms with Crippen molar-refractivity contribution in [1.29, 1.82) is 0 Å². The number of rotatable bonds is 6. The van der Waals surface area contributed by atoms with Gasteiger partial charge in [0, 0.05) is 12.1 Å². The number of aromatic nitrogens is 2. The van der Waals surface area contributed by atoms with Gasteiger partial charge in [-0.3, -0.25) is 0 Å². The van der Waals surface area contributed by atoms with Crippen LogP contribution in [0.1, 0.15) is 58.2 Å². The summed E-state index contributed by atoms with van der Waals surface area (Å²) in [5.74, 6) is 0. The second-order valence-electron chi connectivity index (χ2n) is 5.73. The molecule has 0 bridgehead atoms. The lowest BCUT2D eigenvalue weighted by atomic mass is 9.93. The predicted molar refractivity (Wildman–Crippen MR) is 77.1 cm³/mol. The second-order valence-corrected chi connectivity index (χ2v) is 5.73. The molecule has 1 aromatic rings. The standard InChI is InChI=1S/C15H27N3O/c1-4-17-13-5-7-15(8-6-13)19-10-14-9-16-11-18(14)12(2)3/h9,11-13,15,17H,4-8,10H2,1-3H3. The molecule has 1 aromatic heterocycles. The molecule has 0 aliphatic heterocycles. The van der Waals surface area contributed by atoms with Crippen LogP contribution in [0.15, 0.2) is 12.5 Å². The molecule has 1 aliphatic rings. The summed E-state index contributed by atoms with van der Waals surface area (Å²) in [6, 6.07) is 1.15. The average molecular weight is 265 g/mol. The first kappa shape index (κ1) is 14.5. The Morgan fingerprint density at radius 1 is 1.37 bits per heavy atom. The highest BCUT2D eigenvalue weighted by atomic mass is 16.5. The summed E-state index contributed by atoms with van der Waals surface area (Å²) < 4.78 is 8.24. The third kappa shape index (κ3) is 4.05. The molecule has 2 rings (SSSR count). The van der Waals surface area contributed by atoms with Crippen molar-refractivity contribution in [1.82, 2.24) is 14.9 Å². The molecule has 4 nitrogen and oxygen atoms in total. The van der Waals surface area contributed by atoms with Crippen molar-refractivity contribution >= 4 is 0 Å². The SMILES string of the molecule is CCNC1CCC(OCc2cncn2C(C)C)CC1. The van der Waals surface area contributed by atoms with E-state index in [0.29, 0.717) is 24.8 Å². The summed E-state index contributed by atoms with van der Waals surface area (Å²) in [5.41, 5.74) is 1.18. The zero-order valence-corrected chi connectivity index (χ0v) is 12.4. The minimum absolute atomic E-state index is 0.422. The molecule has 1 saturated carbocycles. The number of nitrogens with one attached hydrogen (secondary N) is 1. The van der Waals surface area contributed by atoms with Crippen LogP contribution in [0.4, 0.5) is 0 Å². The maximum Gasteiger partial charge on any atom is 0.0951 e. The van der Waals surface area contributed by atoms with Crippen LogP contribution in [0.5, 0.6) is 0 Å². The third-order valence-electron chi connectivity index (χ3n) is 3.94. The minimum atomic E-state index is 0.422. The van der Waals surface area contributed by atoms with Gasteiger partial charge in [0.05, 0.1) is 30.9 Å². The van der Waals surface area contributed by atoms with E-state index >= 15 is 0 Å². The van der Waals surface area contributed by atoms with Gasteiger partial charge in [-0.25, -0.2) is 4.98 Å². The molecule has 1 aliphatic carbocycles. The van der Waals surface area contributed by atoms with Gasteiger partial charge in [-0.2, -0.15) is 0 Å². The average Bonchev–Trinajstić information content (AvgIpc) is 2.87. The number of ether oxygens (including phenoxy) is 1. The largest absolute Gasteiger partial charge is 0.372 e. The lowest BCUT2D eigenvalue weighted by Crippen LogP contribution is -2.35. The smallest absolute Gasteiger partial charge is 0.0951 e. The van der Waals surface area contributed by atoms with E-state index in [0.717, 1.165) is 6.54 Å². The molecule has 0 amide bonds. The van der Waals surface area contributed by atoms with Crippen LogP contribution in [-0.2, 0) is 11.3 Å². The highest BCUT2D eigenvalue weighted by Gasteiger charge is 2.21. The third-order valence-corrected chi connectivity index (χ3v) is 3.94. The first-order chi connectivity index (χ1) is 9.20. The van der Waals surface area contributed by atoms with E-state index < -0.39 is 0 Å². The number of hydrogen-bond donors (Lipinski definition) is 1. The molecular formula is C15H27N3O. The van der Waals surface area contributed by atoms with Gasteiger partial charge in [-0.1, -0.05) is 6.92 Å². The molecular weight excluding hydrogens is 238 g/mol. The Hall–Kier alpha value is -0.870. The second kappa shape index (κ2) is 7.06. The zero-order valence-electron chi connectivity index (χ0n) is 12.4. The molecule has 4 heteroatoms. The van der Waals surface area contributed by atoms with Gasteiger partial charge in [0.1, 0.15) is 0 Å². The quantitative estimate of drug-likeness (QED) is 0.859. The van der Waals surface area contributed by atoms with Gasteiger partial charge in [0.2, 0.25) is 0 Å². The summed E-state index contributed by atoms with van der Waals surface area (Å²) in [4.78, 5) is 4.22. The Labute approximate surface area is 116 Å². The van der Waals surface area contributed by atoms with Crippen molar-refractivity contribution < 1.29 is 4.74 Å². The molecule has 1 fully saturated rings. The molecule has 0 spiro atoms. The molecule has 0 atom stereocenters. The van der Waals surface area contributed by atoms with Crippen LogP contribution in [0.3, 0.4) is 0 Å². The van der Waals surface area contributed by atoms with Gasteiger partial charge in [-0.05, 0) is 46.1 Å². The van der Waals surface area contributed by atoms with Crippen LogP contribution < -0.4 is 5.32 Å². The molecule has 0 unspecified atom stereocenters. The van der Waals surface area contributed by atoms with Crippen LogP contribution in [0.2, 0.25) is 0 Å². The van der Waals surface area contributed by atoms with E-state index in [1.165, 1.54) is 31.4 Å². The van der Waals surface area contributed by atoms with E-state index in [-0.39, 0.29) is 0 Å². The van der Waals surface area contributed by atoms with Gasteiger partial charge < -0.3 is 14.6 Å². The molecule has 1 N–H and O–H groups in total. The molecule has 0 saturated heterocycles. The van der Waals surface area contributed by atoms with Crippen molar-refractivity contribution in [3.8, 4) is 0 Å². The monoisotopic (exact) mass is 265 g/mol. The molecule has 0 radical (unpaired) electrons. The fourth-order valence-electron chi connectivity index (χ4n) is 2.83. The van der Waals surface area contributed by atoms with E-state index in [9.17, 15) is 0 Å². The number of nitrogens with zero attached hydrogens (tertiary/aromatic N) is 2. The number of imidazole rings is 1. The van der Waals surface area contributed by atoms with Gasteiger partial charge in [-0.15, -0.1) is 0 Å². The highest BCUT2D eigenvalue weighted by Crippen LogP contribution is 2.22. The topological polar surface area (TPSA) is 39.1 Å². The van der Waals surface area contributed by atoms with E-state index in [2.05, 4.69) is 35.6 Å². The molecule has 1 heterocycles. The first-order valence-corrected chi connectivity index (χ1v) is 7.56. The molecule has 0 aromatic carbocycles. The van der Waals surface area contributed by atoms with E-state index in [1.807, 2.05) is 12.5 Å².